The number of carbonyl (C=O) groups is 1. The number of thiazole rings is 1. The Kier molecular flexibility index (Phi) is 4.12. The van der Waals surface area contributed by atoms with E-state index in [4.69, 9.17) is 4.74 Å². The minimum absolute atomic E-state index is 0.121. The average Bonchev–Trinajstić information content (AvgIpc) is 2.90. The van der Waals surface area contributed by atoms with Gasteiger partial charge in [0.05, 0.1) is 10.2 Å². The van der Waals surface area contributed by atoms with Crippen molar-refractivity contribution in [1.29, 1.82) is 0 Å². The van der Waals surface area contributed by atoms with Crippen molar-refractivity contribution < 1.29 is 19.0 Å². The van der Waals surface area contributed by atoms with Gasteiger partial charge in [-0.3, -0.25) is 10.1 Å². The van der Waals surface area contributed by atoms with Crippen LogP contribution in [0.1, 0.15) is 6.92 Å². The number of amides is 1. The van der Waals surface area contributed by atoms with E-state index in [1.807, 2.05) is 0 Å². The van der Waals surface area contributed by atoms with Gasteiger partial charge in [0, 0.05) is 0 Å². The molecule has 0 radical (unpaired) electrons. The summed E-state index contributed by atoms with van der Waals surface area (Å²) in [5, 5.41) is 12.3. The minimum Gasteiger partial charge on any atom is -0.508 e. The molecule has 1 atom stereocenters. The van der Waals surface area contributed by atoms with Gasteiger partial charge in [-0.15, -0.1) is 0 Å². The fraction of sp³-hybridized carbons (Fsp3) is 0.125. The molecule has 0 saturated heterocycles. The Balaban J connectivity index is 1.68. The maximum absolute atomic E-state index is 13.2. The van der Waals surface area contributed by atoms with Gasteiger partial charge in [-0.2, -0.15) is 0 Å². The topological polar surface area (TPSA) is 71.5 Å². The first-order chi connectivity index (χ1) is 11.0. The van der Waals surface area contributed by atoms with Crippen LogP contribution < -0.4 is 10.1 Å². The van der Waals surface area contributed by atoms with Crippen LogP contribution in [-0.4, -0.2) is 22.1 Å². The number of aromatic hydroxyl groups is 1. The Hall–Kier alpha value is -2.67. The molecule has 3 aromatic rings. The normalized spacial score (nSPS) is 12.1. The number of hydrogen-bond donors (Lipinski definition) is 2. The van der Waals surface area contributed by atoms with Crippen LogP contribution >= 0.6 is 11.3 Å². The fourth-order valence-electron chi connectivity index (χ4n) is 1.94. The molecule has 23 heavy (non-hydrogen) atoms. The molecule has 118 valence electrons. The Morgan fingerprint density at radius 3 is 2.78 bits per heavy atom. The maximum atomic E-state index is 13.2. The molecule has 0 aliphatic carbocycles. The van der Waals surface area contributed by atoms with Crippen molar-refractivity contribution in [3.05, 3.63) is 48.3 Å². The van der Waals surface area contributed by atoms with Gasteiger partial charge in [0.15, 0.2) is 11.2 Å². The van der Waals surface area contributed by atoms with Crippen molar-refractivity contribution in [2.45, 2.75) is 13.0 Å². The van der Waals surface area contributed by atoms with Gasteiger partial charge in [-0.25, -0.2) is 9.37 Å². The number of aromatic nitrogens is 1. The smallest absolute Gasteiger partial charge is 0.266 e. The monoisotopic (exact) mass is 332 g/mol. The summed E-state index contributed by atoms with van der Waals surface area (Å²) < 4.78 is 19.3. The second-order valence-electron chi connectivity index (χ2n) is 4.87. The second-order valence-corrected chi connectivity index (χ2v) is 5.90. The lowest BCUT2D eigenvalue weighted by molar-refractivity contribution is -0.122. The first-order valence-electron chi connectivity index (χ1n) is 6.84. The minimum atomic E-state index is -0.747. The lowest BCUT2D eigenvalue weighted by Crippen LogP contribution is -2.30. The highest BCUT2D eigenvalue weighted by Gasteiger charge is 2.17. The van der Waals surface area contributed by atoms with Crippen LogP contribution in [0.3, 0.4) is 0 Å². The third-order valence-corrected chi connectivity index (χ3v) is 4.03. The van der Waals surface area contributed by atoms with E-state index in [0.717, 1.165) is 0 Å². The molecule has 0 unspecified atom stereocenters. The van der Waals surface area contributed by atoms with E-state index in [9.17, 15) is 14.3 Å². The molecule has 5 nitrogen and oxygen atoms in total. The lowest BCUT2D eigenvalue weighted by atomic mass is 10.3. The van der Waals surface area contributed by atoms with Crippen LogP contribution in [0.2, 0.25) is 0 Å². The van der Waals surface area contributed by atoms with E-state index in [-0.39, 0.29) is 17.5 Å². The molecule has 0 bridgehead atoms. The van der Waals surface area contributed by atoms with E-state index in [0.29, 0.717) is 21.1 Å². The van der Waals surface area contributed by atoms with Crippen molar-refractivity contribution >= 4 is 32.6 Å². The number of anilines is 1. The van der Waals surface area contributed by atoms with Gasteiger partial charge in [-0.1, -0.05) is 11.3 Å². The van der Waals surface area contributed by atoms with Gasteiger partial charge in [-0.05, 0) is 49.4 Å². The molecule has 0 aliphatic rings. The molecule has 2 aromatic carbocycles. The summed E-state index contributed by atoms with van der Waals surface area (Å²) in [5.41, 5.74) is 0.624. The van der Waals surface area contributed by atoms with Crippen LogP contribution in [0, 0.1) is 5.82 Å². The molecular formula is C16H13FN2O3S. The Bertz CT molecular complexity index is 848. The number of hydrogen-bond acceptors (Lipinski definition) is 5. The van der Waals surface area contributed by atoms with Crippen molar-refractivity contribution in [2.75, 3.05) is 5.32 Å². The first-order valence-corrected chi connectivity index (χ1v) is 7.65. The number of nitrogens with one attached hydrogen (secondary N) is 1. The first kappa shape index (κ1) is 15.2. The molecule has 3 rings (SSSR count). The summed E-state index contributed by atoms with van der Waals surface area (Å²) in [6, 6.07) is 10.3. The summed E-state index contributed by atoms with van der Waals surface area (Å²) in [4.78, 5) is 16.4. The predicted octanol–water partition coefficient (Wildman–Crippen LogP) is 3.55. The fourth-order valence-corrected chi connectivity index (χ4v) is 2.83. The Morgan fingerprint density at radius 2 is 2.04 bits per heavy atom. The van der Waals surface area contributed by atoms with E-state index in [1.54, 1.807) is 25.1 Å². The SMILES string of the molecule is C[C@@H](Oc1ccc(O)cc1)C(=O)Nc1nc2ccc(F)cc2s1. The van der Waals surface area contributed by atoms with Crippen LogP contribution in [0.4, 0.5) is 9.52 Å². The maximum Gasteiger partial charge on any atom is 0.266 e. The highest BCUT2D eigenvalue weighted by molar-refractivity contribution is 7.22. The van der Waals surface area contributed by atoms with Crippen LogP contribution in [0.5, 0.6) is 11.5 Å². The number of nitrogens with zero attached hydrogens (tertiary/aromatic N) is 1. The number of fused-ring (bicyclic) bond motifs is 1. The van der Waals surface area contributed by atoms with Crippen molar-refractivity contribution in [3.63, 3.8) is 0 Å². The number of phenols is 1. The van der Waals surface area contributed by atoms with Crippen LogP contribution in [0.25, 0.3) is 10.2 Å². The van der Waals surface area contributed by atoms with Crippen molar-refractivity contribution in [2.24, 2.45) is 0 Å². The quantitative estimate of drug-likeness (QED) is 0.766. The summed E-state index contributed by atoms with van der Waals surface area (Å²) in [5.74, 6) is -0.117. The zero-order valence-corrected chi connectivity index (χ0v) is 12.9. The molecular weight excluding hydrogens is 319 g/mol. The van der Waals surface area contributed by atoms with E-state index < -0.39 is 6.10 Å². The highest BCUT2D eigenvalue weighted by atomic mass is 32.1. The number of carbonyl (C=O) groups excluding carboxylic acids is 1. The van der Waals surface area contributed by atoms with Crippen LogP contribution in [-0.2, 0) is 4.79 Å². The van der Waals surface area contributed by atoms with E-state index >= 15 is 0 Å². The zero-order chi connectivity index (χ0) is 16.4. The van der Waals surface area contributed by atoms with Gasteiger partial charge in [0.2, 0.25) is 0 Å². The van der Waals surface area contributed by atoms with Crippen LogP contribution in [0.15, 0.2) is 42.5 Å². The average molecular weight is 332 g/mol. The molecule has 0 spiro atoms. The van der Waals surface area contributed by atoms with Gasteiger partial charge in [0.25, 0.3) is 5.91 Å². The second kappa shape index (κ2) is 6.21. The third-order valence-electron chi connectivity index (χ3n) is 3.10. The molecule has 7 heteroatoms. The predicted molar refractivity (Wildman–Crippen MR) is 86.4 cm³/mol. The number of benzene rings is 2. The zero-order valence-electron chi connectivity index (χ0n) is 12.1. The van der Waals surface area contributed by atoms with E-state index in [1.165, 1.54) is 35.6 Å². The molecule has 1 heterocycles. The standard InChI is InChI=1S/C16H13FN2O3S/c1-9(22-12-5-3-11(20)4-6-12)15(21)19-16-18-13-7-2-10(17)8-14(13)23-16/h2-9,20H,1H3,(H,18,19,21)/t9-/m1/s1. The van der Waals surface area contributed by atoms with Gasteiger partial charge < -0.3 is 9.84 Å². The molecule has 1 amide bonds. The summed E-state index contributed by atoms with van der Waals surface area (Å²) in [6.07, 6.45) is -0.747. The lowest BCUT2D eigenvalue weighted by Gasteiger charge is -2.13. The van der Waals surface area contributed by atoms with Gasteiger partial charge in [0.1, 0.15) is 17.3 Å². The molecule has 1 aromatic heterocycles. The number of halogens is 1. The van der Waals surface area contributed by atoms with E-state index in [2.05, 4.69) is 10.3 Å². The van der Waals surface area contributed by atoms with Crippen molar-refractivity contribution in [3.8, 4) is 11.5 Å². The Labute approximate surface area is 135 Å². The van der Waals surface area contributed by atoms with Gasteiger partial charge >= 0.3 is 0 Å². The molecule has 0 aliphatic heterocycles. The summed E-state index contributed by atoms with van der Waals surface area (Å²) in [7, 11) is 0. The third kappa shape index (κ3) is 3.57. The number of rotatable bonds is 4. The Morgan fingerprint density at radius 1 is 1.30 bits per heavy atom. The molecule has 0 saturated carbocycles. The summed E-state index contributed by atoms with van der Waals surface area (Å²) in [6.45, 7) is 1.61. The molecule has 0 fully saturated rings. The highest BCUT2D eigenvalue weighted by Crippen LogP contribution is 2.26. The largest absolute Gasteiger partial charge is 0.508 e. The summed E-state index contributed by atoms with van der Waals surface area (Å²) >= 11 is 1.19. The number of phenolic OH excluding ortho intramolecular Hbond substituents is 1. The number of ether oxygens (including phenoxy) is 1. The molecule has 2 N–H and O–H groups in total. The van der Waals surface area contributed by atoms with Crippen molar-refractivity contribution in [1.82, 2.24) is 4.98 Å².